The number of nitriles is 1. The van der Waals surface area contributed by atoms with Crippen molar-refractivity contribution in [3.8, 4) is 6.07 Å². The summed E-state index contributed by atoms with van der Waals surface area (Å²) in [7, 11) is 0. The third-order valence-corrected chi connectivity index (χ3v) is 5.45. The molecule has 2 aliphatic rings. The highest BCUT2D eigenvalue weighted by atomic mass is 32.1. The van der Waals surface area contributed by atoms with Crippen molar-refractivity contribution in [1.29, 1.82) is 5.26 Å². The Morgan fingerprint density at radius 1 is 1.32 bits per heavy atom. The molecule has 0 bridgehead atoms. The van der Waals surface area contributed by atoms with Crippen molar-refractivity contribution in [1.82, 2.24) is 9.88 Å². The van der Waals surface area contributed by atoms with Crippen LogP contribution in [0.3, 0.4) is 0 Å². The molecule has 0 saturated carbocycles. The number of rotatable bonds is 3. The van der Waals surface area contributed by atoms with E-state index in [2.05, 4.69) is 9.88 Å². The third-order valence-electron chi connectivity index (χ3n) is 4.70. The minimum atomic E-state index is -0.722. The molecule has 1 saturated heterocycles. The van der Waals surface area contributed by atoms with Crippen LogP contribution in [0.25, 0.3) is 10.9 Å². The number of ether oxygens (including phenoxy) is 1. The molecule has 2 aliphatic heterocycles. The maximum atomic E-state index is 12.2. The van der Waals surface area contributed by atoms with Crippen LogP contribution in [0, 0.1) is 11.3 Å². The molecule has 0 aliphatic carbocycles. The molecule has 1 unspecified atom stereocenters. The second kappa shape index (κ2) is 6.52. The Morgan fingerprint density at radius 3 is 2.80 bits per heavy atom. The first-order valence-corrected chi connectivity index (χ1v) is 9.15. The average Bonchev–Trinajstić information content (AvgIpc) is 3.31. The van der Waals surface area contributed by atoms with Crippen LogP contribution in [0.15, 0.2) is 27.4 Å². The molecule has 7 nitrogen and oxygen atoms in total. The SMILES string of the molecule is N#Cc1c(N2CCN(C(O)C3=CCCO3)CC2)c2cscc2[nH]c1=O. The van der Waals surface area contributed by atoms with Gasteiger partial charge in [-0.2, -0.15) is 5.26 Å². The van der Waals surface area contributed by atoms with Crippen molar-refractivity contribution in [2.24, 2.45) is 0 Å². The van der Waals surface area contributed by atoms with Gasteiger partial charge in [0.1, 0.15) is 17.4 Å². The number of nitrogens with zero attached hydrogens (tertiary/aromatic N) is 3. The summed E-state index contributed by atoms with van der Waals surface area (Å²) < 4.78 is 5.45. The summed E-state index contributed by atoms with van der Waals surface area (Å²) in [6.07, 6.45) is 2.04. The number of piperazine rings is 1. The van der Waals surface area contributed by atoms with E-state index in [4.69, 9.17) is 4.74 Å². The summed E-state index contributed by atoms with van der Waals surface area (Å²) in [5.41, 5.74) is 1.26. The van der Waals surface area contributed by atoms with Gasteiger partial charge in [0.25, 0.3) is 5.56 Å². The lowest BCUT2D eigenvalue weighted by Gasteiger charge is -2.38. The molecular weight excluding hydrogens is 340 g/mol. The normalized spacial score (nSPS) is 19.5. The Labute approximate surface area is 148 Å². The lowest BCUT2D eigenvalue weighted by molar-refractivity contribution is -0.0101. The van der Waals surface area contributed by atoms with E-state index in [1.807, 2.05) is 27.8 Å². The summed E-state index contributed by atoms with van der Waals surface area (Å²) in [5, 5.41) is 24.6. The molecule has 0 spiro atoms. The van der Waals surface area contributed by atoms with Gasteiger partial charge in [-0.3, -0.25) is 9.69 Å². The van der Waals surface area contributed by atoms with Gasteiger partial charge in [0.2, 0.25) is 0 Å². The lowest BCUT2D eigenvalue weighted by atomic mass is 10.1. The quantitative estimate of drug-likeness (QED) is 0.857. The molecule has 0 aromatic carbocycles. The van der Waals surface area contributed by atoms with E-state index >= 15 is 0 Å². The summed E-state index contributed by atoms with van der Waals surface area (Å²) in [6, 6.07) is 2.05. The predicted octanol–water partition coefficient (Wildman–Crippen LogP) is 1.21. The highest BCUT2D eigenvalue weighted by Crippen LogP contribution is 2.31. The molecule has 25 heavy (non-hydrogen) atoms. The fraction of sp³-hybridized carbons (Fsp3) is 0.412. The lowest BCUT2D eigenvalue weighted by Crippen LogP contribution is -2.51. The second-order valence-electron chi connectivity index (χ2n) is 6.13. The van der Waals surface area contributed by atoms with E-state index in [-0.39, 0.29) is 11.1 Å². The van der Waals surface area contributed by atoms with Crippen molar-refractivity contribution in [2.45, 2.75) is 12.6 Å². The zero-order valence-corrected chi connectivity index (χ0v) is 14.4. The molecule has 2 aromatic rings. The zero-order valence-electron chi connectivity index (χ0n) is 13.6. The monoisotopic (exact) mass is 358 g/mol. The predicted molar refractivity (Wildman–Crippen MR) is 95.6 cm³/mol. The smallest absolute Gasteiger partial charge is 0.268 e. The fourth-order valence-electron chi connectivity index (χ4n) is 3.42. The highest BCUT2D eigenvalue weighted by molar-refractivity contribution is 7.09. The molecule has 8 heteroatoms. The van der Waals surface area contributed by atoms with Crippen LogP contribution in [-0.4, -0.2) is 54.0 Å². The minimum absolute atomic E-state index is 0.154. The van der Waals surface area contributed by atoms with Gasteiger partial charge in [-0.15, -0.1) is 11.3 Å². The molecule has 4 heterocycles. The van der Waals surface area contributed by atoms with Crippen LogP contribution in [0.2, 0.25) is 0 Å². The Bertz CT molecular complexity index is 918. The Balaban J connectivity index is 1.59. The molecule has 130 valence electrons. The standard InChI is InChI=1S/C17H18N4O3S/c18-8-11-15(12-9-25-10-13(12)19-16(11)22)20-3-5-21(6-4-20)17(23)14-2-1-7-24-14/h2,9-10,17,23H,1,3-7H2,(H,19,22). The maximum absolute atomic E-state index is 12.2. The first kappa shape index (κ1) is 16.1. The largest absolute Gasteiger partial charge is 0.494 e. The molecule has 1 fully saturated rings. The van der Waals surface area contributed by atoms with Gasteiger partial charge >= 0.3 is 0 Å². The molecular formula is C17H18N4O3S. The summed E-state index contributed by atoms with van der Waals surface area (Å²) in [4.78, 5) is 19.0. The fourth-order valence-corrected chi connectivity index (χ4v) is 4.19. The van der Waals surface area contributed by atoms with Gasteiger partial charge < -0.3 is 19.7 Å². The van der Waals surface area contributed by atoms with Crippen LogP contribution in [-0.2, 0) is 4.74 Å². The molecule has 2 aromatic heterocycles. The number of H-pyrrole nitrogens is 1. The number of anilines is 1. The van der Waals surface area contributed by atoms with E-state index in [0.717, 1.165) is 17.3 Å². The van der Waals surface area contributed by atoms with Crippen LogP contribution in [0.4, 0.5) is 5.69 Å². The second-order valence-corrected chi connectivity index (χ2v) is 6.87. The molecule has 0 amide bonds. The Kier molecular flexibility index (Phi) is 4.21. The summed E-state index contributed by atoms with van der Waals surface area (Å²) >= 11 is 1.50. The number of aromatic nitrogens is 1. The van der Waals surface area contributed by atoms with Gasteiger partial charge in [-0.1, -0.05) is 0 Å². The zero-order chi connectivity index (χ0) is 17.4. The number of hydrogen-bond donors (Lipinski definition) is 2. The molecule has 1 atom stereocenters. The van der Waals surface area contributed by atoms with Crippen molar-refractivity contribution < 1.29 is 9.84 Å². The molecule has 4 rings (SSSR count). The first-order chi connectivity index (χ1) is 12.2. The van der Waals surface area contributed by atoms with Crippen LogP contribution in [0.5, 0.6) is 0 Å². The number of aliphatic hydroxyl groups is 1. The topological polar surface area (TPSA) is 92.6 Å². The van der Waals surface area contributed by atoms with Gasteiger partial charge in [0.05, 0.1) is 17.8 Å². The number of hydrogen-bond acceptors (Lipinski definition) is 7. The van der Waals surface area contributed by atoms with E-state index < -0.39 is 6.23 Å². The number of fused-ring (bicyclic) bond motifs is 1. The Hall–Kier alpha value is -2.34. The van der Waals surface area contributed by atoms with Crippen molar-refractivity contribution >= 4 is 27.9 Å². The van der Waals surface area contributed by atoms with Gasteiger partial charge in [0, 0.05) is 48.7 Å². The van der Waals surface area contributed by atoms with Crippen molar-refractivity contribution in [2.75, 3.05) is 37.7 Å². The average molecular weight is 358 g/mol. The maximum Gasteiger partial charge on any atom is 0.268 e. The number of aromatic amines is 1. The van der Waals surface area contributed by atoms with Crippen molar-refractivity contribution in [3.63, 3.8) is 0 Å². The molecule has 2 N–H and O–H groups in total. The molecule has 0 radical (unpaired) electrons. The van der Waals surface area contributed by atoms with E-state index in [9.17, 15) is 15.2 Å². The summed E-state index contributed by atoms with van der Waals surface area (Å²) in [5.74, 6) is 0.627. The van der Waals surface area contributed by atoms with Crippen LogP contribution in [0.1, 0.15) is 12.0 Å². The van der Waals surface area contributed by atoms with Crippen LogP contribution >= 0.6 is 11.3 Å². The van der Waals surface area contributed by atoms with Crippen molar-refractivity contribution in [3.05, 3.63) is 38.5 Å². The number of thiophene rings is 1. The van der Waals surface area contributed by atoms with Gasteiger partial charge in [0.15, 0.2) is 6.23 Å². The first-order valence-electron chi connectivity index (χ1n) is 8.21. The van der Waals surface area contributed by atoms with E-state index in [0.29, 0.717) is 44.2 Å². The van der Waals surface area contributed by atoms with E-state index in [1.165, 1.54) is 11.3 Å². The van der Waals surface area contributed by atoms with E-state index in [1.54, 1.807) is 0 Å². The number of nitrogens with one attached hydrogen (secondary N) is 1. The van der Waals surface area contributed by atoms with Gasteiger partial charge in [-0.25, -0.2) is 0 Å². The number of pyridine rings is 1. The number of aliphatic hydroxyl groups excluding tert-OH is 1. The minimum Gasteiger partial charge on any atom is -0.494 e. The third kappa shape index (κ3) is 2.80. The van der Waals surface area contributed by atoms with Crippen LogP contribution < -0.4 is 10.5 Å². The Morgan fingerprint density at radius 2 is 2.12 bits per heavy atom. The summed E-state index contributed by atoms with van der Waals surface area (Å²) in [6.45, 7) is 3.15. The highest BCUT2D eigenvalue weighted by Gasteiger charge is 2.29. The van der Waals surface area contributed by atoms with Gasteiger partial charge in [-0.05, 0) is 6.08 Å².